The van der Waals surface area contributed by atoms with Crippen LogP contribution in [0.15, 0.2) is 48.5 Å². The van der Waals surface area contributed by atoms with E-state index in [1.54, 1.807) is 12.1 Å². The lowest BCUT2D eigenvalue weighted by atomic mass is 10.1. The summed E-state index contributed by atoms with van der Waals surface area (Å²) in [5, 5.41) is 2.85. The molecule has 3 nitrogen and oxygen atoms in total. The summed E-state index contributed by atoms with van der Waals surface area (Å²) in [5.74, 6) is -0.512. The molecule has 0 bridgehead atoms. The largest absolute Gasteiger partial charge is 0.377 e. The highest BCUT2D eigenvalue weighted by Crippen LogP contribution is 2.16. The van der Waals surface area contributed by atoms with Gasteiger partial charge in [0.25, 0.3) is 0 Å². The van der Waals surface area contributed by atoms with Crippen molar-refractivity contribution < 1.29 is 13.9 Å². The Balaban J connectivity index is 2.02. The summed E-state index contributed by atoms with van der Waals surface area (Å²) < 4.78 is 18.5. The van der Waals surface area contributed by atoms with E-state index in [9.17, 15) is 9.18 Å². The van der Waals surface area contributed by atoms with Gasteiger partial charge in [-0.3, -0.25) is 4.79 Å². The highest BCUT2D eigenvalue weighted by atomic mass is 19.1. The molecule has 0 saturated carbocycles. The molecule has 0 aliphatic carbocycles. The monoisotopic (exact) mass is 287 g/mol. The van der Waals surface area contributed by atoms with Crippen molar-refractivity contribution in [2.75, 3.05) is 11.9 Å². The molecule has 0 heterocycles. The van der Waals surface area contributed by atoms with Crippen molar-refractivity contribution in [2.45, 2.75) is 20.0 Å². The zero-order chi connectivity index (χ0) is 15.1. The first-order valence-corrected chi connectivity index (χ1v) is 6.89. The van der Waals surface area contributed by atoms with Crippen LogP contribution < -0.4 is 5.32 Å². The van der Waals surface area contributed by atoms with Crippen LogP contribution in [0.4, 0.5) is 10.1 Å². The zero-order valence-electron chi connectivity index (χ0n) is 11.9. The Labute approximate surface area is 123 Å². The molecule has 0 radical (unpaired) electrons. The van der Waals surface area contributed by atoms with Gasteiger partial charge in [0.2, 0.25) is 5.91 Å². The number of amides is 1. The molecular weight excluding hydrogens is 269 g/mol. The summed E-state index contributed by atoms with van der Waals surface area (Å²) in [6.07, 6.45) is 0.140. The maximum Gasteiger partial charge on any atom is 0.228 e. The predicted octanol–water partition coefficient (Wildman–Crippen LogP) is 3.54. The molecule has 0 unspecified atom stereocenters. The molecule has 0 spiro atoms. The number of benzene rings is 2. The maximum atomic E-state index is 13.1. The Kier molecular flexibility index (Phi) is 5.46. The van der Waals surface area contributed by atoms with Gasteiger partial charge >= 0.3 is 0 Å². The summed E-state index contributed by atoms with van der Waals surface area (Å²) in [5.41, 5.74) is 2.30. The molecule has 0 saturated heterocycles. The number of anilines is 1. The second-order valence-electron chi connectivity index (χ2n) is 4.65. The summed E-state index contributed by atoms with van der Waals surface area (Å²) >= 11 is 0. The van der Waals surface area contributed by atoms with Crippen molar-refractivity contribution in [3.05, 3.63) is 65.5 Å². The lowest BCUT2D eigenvalue weighted by Gasteiger charge is -2.11. The van der Waals surface area contributed by atoms with E-state index < -0.39 is 0 Å². The van der Waals surface area contributed by atoms with Crippen LogP contribution in [0.2, 0.25) is 0 Å². The third-order valence-corrected chi connectivity index (χ3v) is 3.01. The molecule has 0 aliphatic heterocycles. The highest BCUT2D eigenvalue weighted by molar-refractivity contribution is 5.92. The smallest absolute Gasteiger partial charge is 0.228 e. The second-order valence-corrected chi connectivity index (χ2v) is 4.65. The Bertz CT molecular complexity index is 613. The Morgan fingerprint density at radius 2 is 2.00 bits per heavy atom. The lowest BCUT2D eigenvalue weighted by Crippen LogP contribution is -2.16. The van der Waals surface area contributed by atoms with Crippen molar-refractivity contribution >= 4 is 11.6 Å². The first-order valence-electron chi connectivity index (χ1n) is 6.89. The Morgan fingerprint density at radius 3 is 2.76 bits per heavy atom. The predicted molar refractivity (Wildman–Crippen MR) is 80.5 cm³/mol. The van der Waals surface area contributed by atoms with E-state index in [0.29, 0.717) is 18.8 Å². The first kappa shape index (κ1) is 15.2. The van der Waals surface area contributed by atoms with E-state index in [2.05, 4.69) is 5.32 Å². The molecule has 0 atom stereocenters. The molecule has 1 N–H and O–H groups in total. The van der Waals surface area contributed by atoms with Crippen LogP contribution in [0.25, 0.3) is 0 Å². The van der Waals surface area contributed by atoms with Gasteiger partial charge in [0, 0.05) is 17.9 Å². The highest BCUT2D eigenvalue weighted by Gasteiger charge is 2.08. The van der Waals surface area contributed by atoms with E-state index in [0.717, 1.165) is 11.3 Å². The number of carbonyl (C=O) groups is 1. The average molecular weight is 287 g/mol. The molecule has 21 heavy (non-hydrogen) atoms. The summed E-state index contributed by atoms with van der Waals surface area (Å²) in [4.78, 5) is 12.0. The van der Waals surface area contributed by atoms with E-state index >= 15 is 0 Å². The molecular formula is C17H18FNO2. The summed E-state index contributed by atoms with van der Waals surface area (Å²) in [6.45, 7) is 2.99. The van der Waals surface area contributed by atoms with Gasteiger partial charge in [-0.25, -0.2) is 4.39 Å². The van der Waals surface area contributed by atoms with Gasteiger partial charge in [0.15, 0.2) is 0 Å². The van der Waals surface area contributed by atoms with E-state index in [4.69, 9.17) is 4.74 Å². The molecule has 2 rings (SSSR count). The minimum atomic E-state index is -0.336. The minimum Gasteiger partial charge on any atom is -0.377 e. The second kappa shape index (κ2) is 7.55. The maximum absolute atomic E-state index is 13.1. The number of nitrogens with one attached hydrogen (secondary N) is 1. The number of hydrogen-bond donors (Lipinski definition) is 1. The molecule has 0 aliphatic rings. The van der Waals surface area contributed by atoms with Gasteiger partial charge in [-0.15, -0.1) is 0 Å². The van der Waals surface area contributed by atoms with Gasteiger partial charge in [0.1, 0.15) is 5.82 Å². The topological polar surface area (TPSA) is 38.3 Å². The van der Waals surface area contributed by atoms with Crippen molar-refractivity contribution in [2.24, 2.45) is 0 Å². The molecule has 0 aromatic heterocycles. The van der Waals surface area contributed by atoms with Gasteiger partial charge in [-0.1, -0.05) is 30.3 Å². The quantitative estimate of drug-likeness (QED) is 0.882. The molecule has 110 valence electrons. The van der Waals surface area contributed by atoms with E-state index in [1.807, 2.05) is 31.2 Å². The van der Waals surface area contributed by atoms with Crippen LogP contribution in [0.1, 0.15) is 18.1 Å². The van der Waals surface area contributed by atoms with Crippen molar-refractivity contribution in [1.82, 2.24) is 0 Å². The van der Waals surface area contributed by atoms with Crippen LogP contribution in [0.5, 0.6) is 0 Å². The number of carbonyl (C=O) groups excluding carboxylic acids is 1. The number of ether oxygens (including phenoxy) is 1. The molecule has 4 heteroatoms. The minimum absolute atomic E-state index is 0.140. The lowest BCUT2D eigenvalue weighted by molar-refractivity contribution is -0.115. The Morgan fingerprint density at radius 1 is 1.19 bits per heavy atom. The average Bonchev–Trinajstić information content (AvgIpc) is 2.46. The van der Waals surface area contributed by atoms with Crippen LogP contribution in [0, 0.1) is 5.82 Å². The third-order valence-electron chi connectivity index (χ3n) is 3.01. The fourth-order valence-corrected chi connectivity index (χ4v) is 2.01. The van der Waals surface area contributed by atoms with E-state index in [-0.39, 0.29) is 18.1 Å². The summed E-state index contributed by atoms with van der Waals surface area (Å²) in [6, 6.07) is 13.6. The number of halogens is 1. The van der Waals surface area contributed by atoms with Gasteiger partial charge in [-0.05, 0) is 30.7 Å². The summed E-state index contributed by atoms with van der Waals surface area (Å²) in [7, 11) is 0. The zero-order valence-corrected chi connectivity index (χ0v) is 11.9. The fourth-order valence-electron chi connectivity index (χ4n) is 2.01. The van der Waals surface area contributed by atoms with Gasteiger partial charge in [0.05, 0.1) is 13.0 Å². The van der Waals surface area contributed by atoms with Crippen LogP contribution in [0.3, 0.4) is 0 Å². The standard InChI is InChI=1S/C17H18FNO2/c1-2-21-12-14-7-3-4-9-16(14)19-17(20)11-13-6-5-8-15(18)10-13/h3-10H,2,11-12H2,1H3,(H,19,20). The molecule has 0 fully saturated rings. The number of rotatable bonds is 6. The number of para-hydroxylation sites is 1. The van der Waals surface area contributed by atoms with Crippen LogP contribution in [-0.4, -0.2) is 12.5 Å². The van der Waals surface area contributed by atoms with E-state index in [1.165, 1.54) is 12.1 Å². The first-order chi connectivity index (χ1) is 10.2. The van der Waals surface area contributed by atoms with Crippen molar-refractivity contribution in [3.8, 4) is 0 Å². The molecule has 1 amide bonds. The normalized spacial score (nSPS) is 10.4. The number of hydrogen-bond acceptors (Lipinski definition) is 2. The molecule has 2 aromatic rings. The van der Waals surface area contributed by atoms with Gasteiger partial charge in [-0.2, -0.15) is 0 Å². The van der Waals surface area contributed by atoms with Crippen LogP contribution in [-0.2, 0) is 22.6 Å². The van der Waals surface area contributed by atoms with Crippen LogP contribution >= 0.6 is 0 Å². The SMILES string of the molecule is CCOCc1ccccc1NC(=O)Cc1cccc(F)c1. The Hall–Kier alpha value is -2.20. The van der Waals surface area contributed by atoms with Crippen molar-refractivity contribution in [3.63, 3.8) is 0 Å². The third kappa shape index (κ3) is 4.68. The molecule has 2 aromatic carbocycles. The van der Waals surface area contributed by atoms with Gasteiger partial charge < -0.3 is 10.1 Å². The fraction of sp³-hybridized carbons (Fsp3) is 0.235. The van der Waals surface area contributed by atoms with Crippen molar-refractivity contribution in [1.29, 1.82) is 0 Å².